The summed E-state index contributed by atoms with van der Waals surface area (Å²) in [6.07, 6.45) is 3.35. The van der Waals surface area contributed by atoms with Gasteiger partial charge in [-0.05, 0) is 54.9 Å². The summed E-state index contributed by atoms with van der Waals surface area (Å²) in [6.45, 7) is 6.76. The number of benzene rings is 2. The third-order valence-corrected chi connectivity index (χ3v) is 7.49. The fourth-order valence-corrected chi connectivity index (χ4v) is 5.87. The predicted molar refractivity (Wildman–Crippen MR) is 110 cm³/mol. The molecule has 0 aliphatic heterocycles. The van der Waals surface area contributed by atoms with E-state index in [1.54, 1.807) is 0 Å². The number of hydrogen-bond donors (Lipinski definition) is 1. The van der Waals surface area contributed by atoms with Crippen molar-refractivity contribution < 1.29 is 9.09 Å². The second-order valence-electron chi connectivity index (χ2n) is 7.83. The normalized spacial score (nSPS) is 25.6. The lowest BCUT2D eigenvalue weighted by molar-refractivity contribution is 0.0506. The minimum absolute atomic E-state index is 0.0148. The molecule has 0 radical (unpaired) electrons. The number of anilines is 1. The van der Waals surface area contributed by atoms with Gasteiger partial charge in [0.05, 0.1) is 11.4 Å². The van der Waals surface area contributed by atoms with E-state index >= 15 is 0 Å². The van der Waals surface area contributed by atoms with E-state index in [0.29, 0.717) is 17.8 Å². The fourth-order valence-electron chi connectivity index (χ4n) is 3.89. The first-order valence-corrected chi connectivity index (χ1v) is 11.3. The van der Waals surface area contributed by atoms with Gasteiger partial charge < -0.3 is 9.61 Å². The molecule has 0 aromatic heterocycles. The number of nitrogens with one attached hydrogen (secondary N) is 1. The summed E-state index contributed by atoms with van der Waals surface area (Å²) < 4.78 is 20.5. The molecule has 0 amide bonds. The molecule has 1 N–H and O–H groups in total. The molecule has 3 nitrogen and oxygen atoms in total. The van der Waals surface area contributed by atoms with Gasteiger partial charge >= 0.3 is 7.52 Å². The zero-order valence-electron chi connectivity index (χ0n) is 16.0. The van der Waals surface area contributed by atoms with Crippen molar-refractivity contribution in [2.24, 2.45) is 17.8 Å². The van der Waals surface area contributed by atoms with Crippen LogP contribution in [0.4, 0.5) is 5.69 Å². The van der Waals surface area contributed by atoms with Crippen LogP contribution in [0.3, 0.4) is 0 Å². The summed E-state index contributed by atoms with van der Waals surface area (Å²) in [5.74, 6) is 1.57. The van der Waals surface area contributed by atoms with Crippen molar-refractivity contribution in [3.63, 3.8) is 0 Å². The van der Waals surface area contributed by atoms with Crippen LogP contribution in [0, 0.1) is 17.8 Å². The van der Waals surface area contributed by atoms with Crippen LogP contribution in [0.25, 0.3) is 0 Å². The molecular weight excluding hydrogens is 341 g/mol. The van der Waals surface area contributed by atoms with E-state index < -0.39 is 7.52 Å². The van der Waals surface area contributed by atoms with Crippen molar-refractivity contribution in [2.75, 3.05) is 5.09 Å². The first-order valence-electron chi connectivity index (χ1n) is 9.65. The van der Waals surface area contributed by atoms with E-state index in [2.05, 4.69) is 25.9 Å². The molecule has 0 unspecified atom stereocenters. The molecule has 0 bridgehead atoms. The van der Waals surface area contributed by atoms with Gasteiger partial charge in [0.15, 0.2) is 0 Å². The monoisotopic (exact) mass is 371 g/mol. The molecule has 1 aliphatic rings. The Labute approximate surface area is 157 Å². The molecule has 4 heteroatoms. The Balaban J connectivity index is 1.91. The number of hydrogen-bond acceptors (Lipinski definition) is 2. The van der Waals surface area contributed by atoms with Crippen LogP contribution in [0.5, 0.6) is 0 Å². The molecule has 1 aliphatic carbocycles. The van der Waals surface area contributed by atoms with E-state index in [0.717, 1.165) is 23.8 Å². The van der Waals surface area contributed by atoms with Crippen LogP contribution in [-0.4, -0.2) is 6.10 Å². The average Bonchev–Trinajstić information content (AvgIpc) is 2.63. The second-order valence-corrected chi connectivity index (χ2v) is 9.89. The van der Waals surface area contributed by atoms with Crippen molar-refractivity contribution in [3.8, 4) is 0 Å². The molecule has 0 saturated heterocycles. The SMILES string of the molecule is CC(C)[C@@H]1CC[C@@H](C)C[C@H]1O[P@](=O)(Nc1ccccc1)c1ccccc1. The van der Waals surface area contributed by atoms with Gasteiger partial charge in [-0.3, -0.25) is 4.57 Å². The van der Waals surface area contributed by atoms with Gasteiger partial charge in [-0.25, -0.2) is 0 Å². The largest absolute Gasteiger partial charge is 0.324 e. The molecule has 3 rings (SSSR count). The molecule has 26 heavy (non-hydrogen) atoms. The lowest BCUT2D eigenvalue weighted by Gasteiger charge is -2.39. The molecule has 4 atom stereocenters. The van der Waals surface area contributed by atoms with E-state index in [4.69, 9.17) is 4.52 Å². The first kappa shape index (κ1) is 19.2. The summed E-state index contributed by atoms with van der Waals surface area (Å²) in [5.41, 5.74) is 0.824. The Morgan fingerprint density at radius 2 is 1.62 bits per heavy atom. The summed E-state index contributed by atoms with van der Waals surface area (Å²) >= 11 is 0. The first-order chi connectivity index (χ1) is 12.5. The van der Waals surface area contributed by atoms with Crippen molar-refractivity contribution in [2.45, 2.75) is 46.1 Å². The highest BCUT2D eigenvalue weighted by Crippen LogP contribution is 2.50. The number of rotatable bonds is 6. The molecule has 0 spiro atoms. The van der Waals surface area contributed by atoms with Crippen LogP contribution in [0.1, 0.15) is 40.0 Å². The Bertz CT molecular complexity index is 732. The van der Waals surface area contributed by atoms with Crippen molar-refractivity contribution in [3.05, 3.63) is 60.7 Å². The van der Waals surface area contributed by atoms with Gasteiger partial charge in [-0.1, -0.05) is 63.6 Å². The van der Waals surface area contributed by atoms with E-state index in [9.17, 15) is 4.57 Å². The Hall–Kier alpha value is -1.57. The summed E-state index contributed by atoms with van der Waals surface area (Å²) in [5, 5.41) is 3.95. The zero-order valence-corrected chi connectivity index (χ0v) is 16.9. The van der Waals surface area contributed by atoms with Crippen molar-refractivity contribution in [1.29, 1.82) is 0 Å². The van der Waals surface area contributed by atoms with Gasteiger partial charge in [0.1, 0.15) is 0 Å². The Morgan fingerprint density at radius 1 is 1.00 bits per heavy atom. The molecule has 1 saturated carbocycles. The third-order valence-electron chi connectivity index (χ3n) is 5.39. The minimum Gasteiger partial charge on any atom is -0.312 e. The second kappa shape index (κ2) is 8.41. The molecule has 0 heterocycles. The maximum absolute atomic E-state index is 14.0. The maximum Gasteiger partial charge on any atom is 0.324 e. The summed E-state index contributed by atoms with van der Waals surface area (Å²) in [7, 11) is -3.22. The lowest BCUT2D eigenvalue weighted by atomic mass is 9.75. The van der Waals surface area contributed by atoms with Crippen LogP contribution < -0.4 is 10.4 Å². The van der Waals surface area contributed by atoms with Crippen LogP contribution in [0.2, 0.25) is 0 Å². The van der Waals surface area contributed by atoms with Gasteiger partial charge in [0.25, 0.3) is 0 Å². The number of para-hydroxylation sites is 1. The van der Waals surface area contributed by atoms with Gasteiger partial charge in [-0.15, -0.1) is 0 Å². The Morgan fingerprint density at radius 3 is 2.23 bits per heavy atom. The molecule has 1 fully saturated rings. The quantitative estimate of drug-likeness (QED) is 0.624. The Kier molecular flexibility index (Phi) is 6.21. The van der Waals surface area contributed by atoms with Crippen molar-refractivity contribution in [1.82, 2.24) is 0 Å². The molecule has 2 aromatic carbocycles. The highest BCUT2D eigenvalue weighted by atomic mass is 31.2. The standard InChI is InChI=1S/C22H30NO2P/c1-17(2)21-15-14-18(3)16-22(21)25-26(24,20-12-8-5-9-13-20)23-19-10-6-4-7-11-19/h4-13,17-18,21-22H,14-16H2,1-3H3,(H,23,24)/t18-,21+,22-,26+/m1/s1. The fraction of sp³-hybridized carbons (Fsp3) is 0.455. The zero-order chi connectivity index (χ0) is 18.6. The summed E-state index contributed by atoms with van der Waals surface area (Å²) in [6, 6.07) is 19.3. The predicted octanol–water partition coefficient (Wildman–Crippen LogP) is 6.09. The minimum atomic E-state index is -3.22. The van der Waals surface area contributed by atoms with Crippen LogP contribution in [0.15, 0.2) is 60.7 Å². The smallest absolute Gasteiger partial charge is 0.312 e. The van der Waals surface area contributed by atoms with E-state index in [-0.39, 0.29) is 6.10 Å². The molecule has 2 aromatic rings. The lowest BCUT2D eigenvalue weighted by Crippen LogP contribution is -2.35. The van der Waals surface area contributed by atoms with Gasteiger partial charge in [0.2, 0.25) is 0 Å². The van der Waals surface area contributed by atoms with Crippen LogP contribution in [-0.2, 0) is 9.09 Å². The van der Waals surface area contributed by atoms with E-state index in [1.165, 1.54) is 6.42 Å². The highest BCUT2D eigenvalue weighted by molar-refractivity contribution is 7.68. The molecular formula is C22H30NO2P. The van der Waals surface area contributed by atoms with Crippen molar-refractivity contribution >= 4 is 18.5 Å². The summed E-state index contributed by atoms with van der Waals surface area (Å²) in [4.78, 5) is 0. The topological polar surface area (TPSA) is 38.3 Å². The third kappa shape index (κ3) is 4.58. The highest BCUT2D eigenvalue weighted by Gasteiger charge is 2.38. The average molecular weight is 371 g/mol. The van der Waals surface area contributed by atoms with E-state index in [1.807, 2.05) is 60.7 Å². The molecule has 140 valence electrons. The van der Waals surface area contributed by atoms with Gasteiger partial charge in [-0.2, -0.15) is 0 Å². The van der Waals surface area contributed by atoms with Crippen LogP contribution >= 0.6 is 7.52 Å². The maximum atomic E-state index is 14.0. The van der Waals surface area contributed by atoms with Gasteiger partial charge in [0, 0.05) is 5.69 Å².